The van der Waals surface area contributed by atoms with Crippen LogP contribution in [0.5, 0.6) is 0 Å². The first-order chi connectivity index (χ1) is 18.4. The number of thioether (sulfide) groups is 1. The van der Waals surface area contributed by atoms with Crippen LogP contribution in [0.4, 0.5) is 11.4 Å². The molecule has 1 unspecified atom stereocenters. The topological polar surface area (TPSA) is 117 Å². The highest BCUT2D eigenvalue weighted by Crippen LogP contribution is 2.16. The number of rotatable bonds is 13. The summed E-state index contributed by atoms with van der Waals surface area (Å²) in [5.74, 6) is 0.0152. The third-order valence-corrected chi connectivity index (χ3v) is 6.87. The maximum Gasteiger partial charge on any atom is 0.269 e. The Bertz CT molecular complexity index is 1230. The number of benzene rings is 3. The Kier molecular flexibility index (Phi) is 10.9. The molecule has 0 saturated carbocycles. The van der Waals surface area contributed by atoms with Crippen molar-refractivity contribution in [2.45, 2.75) is 25.6 Å². The number of hydrogen-bond donors (Lipinski definition) is 2. The van der Waals surface area contributed by atoms with Crippen molar-refractivity contribution in [1.82, 2.24) is 10.7 Å². The SMILES string of the molecule is CCN(CC)c1ccc(C=NNC(=O)C(CSCc2ccccc2)NC(=O)c2ccc([N+](=O)[O-])cc2)cc1. The lowest BCUT2D eigenvalue weighted by Crippen LogP contribution is -2.47. The fourth-order valence-corrected chi connectivity index (χ4v) is 4.65. The van der Waals surface area contributed by atoms with Crippen LogP contribution < -0.4 is 15.6 Å². The second-order valence-corrected chi connectivity index (χ2v) is 9.36. The van der Waals surface area contributed by atoms with E-state index >= 15 is 0 Å². The van der Waals surface area contributed by atoms with Crippen LogP contribution in [-0.4, -0.2) is 47.8 Å². The lowest BCUT2D eigenvalue weighted by molar-refractivity contribution is -0.384. The molecule has 0 saturated heterocycles. The largest absolute Gasteiger partial charge is 0.372 e. The monoisotopic (exact) mass is 533 g/mol. The molecule has 0 aliphatic heterocycles. The molecule has 1 atom stereocenters. The van der Waals surface area contributed by atoms with Gasteiger partial charge in [0, 0.05) is 48.0 Å². The average Bonchev–Trinajstić information content (AvgIpc) is 2.94. The molecule has 0 heterocycles. The van der Waals surface area contributed by atoms with Crippen molar-refractivity contribution >= 4 is 41.2 Å². The van der Waals surface area contributed by atoms with Crippen molar-refractivity contribution in [2.24, 2.45) is 5.10 Å². The average molecular weight is 534 g/mol. The van der Waals surface area contributed by atoms with Crippen LogP contribution in [0.1, 0.15) is 35.3 Å². The van der Waals surface area contributed by atoms with Gasteiger partial charge in [0.05, 0.1) is 11.1 Å². The summed E-state index contributed by atoms with van der Waals surface area (Å²) >= 11 is 1.50. The van der Waals surface area contributed by atoms with Gasteiger partial charge in [-0.15, -0.1) is 0 Å². The summed E-state index contributed by atoms with van der Waals surface area (Å²) in [5.41, 5.74) is 5.67. The van der Waals surface area contributed by atoms with Crippen LogP contribution in [-0.2, 0) is 10.5 Å². The Morgan fingerprint density at radius 2 is 1.66 bits per heavy atom. The molecular formula is C28H31N5O4S. The van der Waals surface area contributed by atoms with Gasteiger partial charge in [0.15, 0.2) is 0 Å². The molecule has 198 valence electrons. The Morgan fingerprint density at radius 1 is 1.00 bits per heavy atom. The van der Waals surface area contributed by atoms with Gasteiger partial charge in [0.25, 0.3) is 17.5 Å². The zero-order valence-electron chi connectivity index (χ0n) is 21.4. The van der Waals surface area contributed by atoms with Crippen LogP contribution in [0.25, 0.3) is 0 Å². The molecule has 0 aliphatic rings. The number of nitro benzene ring substituents is 1. The third kappa shape index (κ3) is 8.45. The molecule has 0 fully saturated rings. The second-order valence-electron chi connectivity index (χ2n) is 8.33. The molecule has 10 heteroatoms. The molecule has 3 aromatic carbocycles. The van der Waals surface area contributed by atoms with Crippen molar-refractivity contribution in [2.75, 3.05) is 23.7 Å². The first kappa shape index (κ1) is 28.4. The predicted octanol–water partition coefficient (Wildman–Crippen LogP) is 4.62. The van der Waals surface area contributed by atoms with Crippen LogP contribution >= 0.6 is 11.8 Å². The van der Waals surface area contributed by atoms with Crippen molar-refractivity contribution in [3.05, 3.63) is 106 Å². The van der Waals surface area contributed by atoms with Gasteiger partial charge in [-0.3, -0.25) is 19.7 Å². The highest BCUT2D eigenvalue weighted by molar-refractivity contribution is 7.98. The van der Waals surface area contributed by atoms with E-state index < -0.39 is 22.8 Å². The van der Waals surface area contributed by atoms with Crippen LogP contribution in [0.2, 0.25) is 0 Å². The van der Waals surface area contributed by atoms with E-state index in [2.05, 4.69) is 34.6 Å². The van der Waals surface area contributed by atoms with Crippen molar-refractivity contribution in [1.29, 1.82) is 0 Å². The first-order valence-electron chi connectivity index (χ1n) is 12.3. The van der Waals surface area contributed by atoms with Crippen LogP contribution in [0.15, 0.2) is 84.0 Å². The molecule has 2 N–H and O–H groups in total. The minimum absolute atomic E-state index is 0.117. The standard InChI is InChI=1S/C28H31N5O4S/c1-3-32(4-2)24-14-10-21(11-15-24)18-29-31-28(35)26(20-38-19-22-8-6-5-7-9-22)30-27(34)23-12-16-25(17-13-23)33(36)37/h5-18,26H,3-4,19-20H2,1-2H3,(H,30,34)(H,31,35). The smallest absolute Gasteiger partial charge is 0.269 e. The van der Waals surface area contributed by atoms with E-state index in [0.29, 0.717) is 11.5 Å². The summed E-state index contributed by atoms with van der Waals surface area (Å²) in [6, 6.07) is 22.0. The zero-order chi connectivity index (χ0) is 27.3. The molecule has 3 aromatic rings. The summed E-state index contributed by atoms with van der Waals surface area (Å²) in [7, 11) is 0. The van der Waals surface area contributed by atoms with Crippen LogP contribution in [0, 0.1) is 10.1 Å². The molecule has 0 spiro atoms. The predicted molar refractivity (Wildman–Crippen MR) is 153 cm³/mol. The van der Waals surface area contributed by atoms with Gasteiger partial charge in [0.2, 0.25) is 0 Å². The number of carbonyl (C=O) groups excluding carboxylic acids is 2. The van der Waals surface area contributed by atoms with E-state index in [0.717, 1.165) is 29.9 Å². The summed E-state index contributed by atoms with van der Waals surface area (Å²) in [6.45, 7) is 6.03. The van der Waals surface area contributed by atoms with Gasteiger partial charge in [-0.25, -0.2) is 5.43 Å². The van der Waals surface area contributed by atoms with E-state index in [9.17, 15) is 19.7 Å². The maximum atomic E-state index is 13.0. The highest BCUT2D eigenvalue weighted by atomic mass is 32.2. The van der Waals surface area contributed by atoms with Gasteiger partial charge in [0.1, 0.15) is 6.04 Å². The number of anilines is 1. The molecule has 0 radical (unpaired) electrons. The molecule has 3 rings (SSSR count). The number of nitro groups is 1. The summed E-state index contributed by atoms with van der Waals surface area (Å²) < 4.78 is 0. The van der Waals surface area contributed by atoms with Gasteiger partial charge < -0.3 is 10.2 Å². The Balaban J connectivity index is 1.65. The second kappa shape index (κ2) is 14.5. The number of non-ortho nitro benzene ring substituents is 1. The van der Waals surface area contributed by atoms with E-state index in [-0.39, 0.29) is 11.3 Å². The fraction of sp³-hybridized carbons (Fsp3) is 0.250. The minimum Gasteiger partial charge on any atom is -0.372 e. The number of amides is 2. The van der Waals surface area contributed by atoms with Crippen molar-refractivity contribution in [3.8, 4) is 0 Å². The van der Waals surface area contributed by atoms with E-state index in [1.54, 1.807) is 6.21 Å². The van der Waals surface area contributed by atoms with Crippen molar-refractivity contribution < 1.29 is 14.5 Å². The number of hydrogen-bond acceptors (Lipinski definition) is 7. The third-order valence-electron chi connectivity index (χ3n) is 5.77. The normalized spacial score (nSPS) is 11.6. The maximum absolute atomic E-state index is 13.0. The Labute approximate surface area is 226 Å². The van der Waals surface area contributed by atoms with Gasteiger partial charge in [-0.05, 0) is 49.2 Å². The number of carbonyl (C=O) groups is 2. The van der Waals surface area contributed by atoms with Gasteiger partial charge in [-0.2, -0.15) is 16.9 Å². The van der Waals surface area contributed by atoms with Gasteiger partial charge >= 0.3 is 0 Å². The molecule has 0 bridgehead atoms. The quantitative estimate of drug-likeness (QED) is 0.188. The summed E-state index contributed by atoms with van der Waals surface area (Å²) in [4.78, 5) is 38.3. The molecular weight excluding hydrogens is 502 g/mol. The zero-order valence-corrected chi connectivity index (χ0v) is 22.2. The molecule has 0 aromatic heterocycles. The first-order valence-corrected chi connectivity index (χ1v) is 13.4. The van der Waals surface area contributed by atoms with E-state index in [1.165, 1.54) is 36.0 Å². The molecule has 2 amide bonds. The van der Waals surface area contributed by atoms with Crippen LogP contribution in [0.3, 0.4) is 0 Å². The molecule has 38 heavy (non-hydrogen) atoms. The van der Waals surface area contributed by atoms with Crippen molar-refractivity contribution in [3.63, 3.8) is 0 Å². The molecule has 9 nitrogen and oxygen atoms in total. The van der Waals surface area contributed by atoms with E-state index in [4.69, 9.17) is 0 Å². The fourth-order valence-electron chi connectivity index (χ4n) is 3.64. The summed E-state index contributed by atoms with van der Waals surface area (Å²) in [6.07, 6.45) is 1.55. The lowest BCUT2D eigenvalue weighted by Gasteiger charge is -2.20. The highest BCUT2D eigenvalue weighted by Gasteiger charge is 2.22. The van der Waals surface area contributed by atoms with Gasteiger partial charge in [-0.1, -0.05) is 42.5 Å². The molecule has 0 aliphatic carbocycles. The number of nitrogens with one attached hydrogen (secondary N) is 2. The summed E-state index contributed by atoms with van der Waals surface area (Å²) in [5, 5.41) is 17.7. The lowest BCUT2D eigenvalue weighted by atomic mass is 10.2. The van der Waals surface area contributed by atoms with E-state index in [1.807, 2.05) is 54.6 Å². The Hall–Kier alpha value is -4.18. The minimum atomic E-state index is -0.867. The number of nitrogens with zero attached hydrogens (tertiary/aromatic N) is 3. The Morgan fingerprint density at radius 3 is 2.26 bits per heavy atom. The number of hydrazone groups is 1.